The van der Waals surface area contributed by atoms with E-state index in [9.17, 15) is 14.0 Å². The zero-order chi connectivity index (χ0) is 24.5. The highest BCUT2D eigenvalue weighted by Gasteiger charge is 2.13. The Morgan fingerprint density at radius 2 is 1.40 bits per heavy atom. The molecule has 6 nitrogen and oxygen atoms in total. The molecule has 1 amide bonds. The van der Waals surface area contributed by atoms with E-state index in [0.29, 0.717) is 11.3 Å². The highest BCUT2D eigenvalue weighted by molar-refractivity contribution is 5.91. The molecule has 174 valence electrons. The van der Waals surface area contributed by atoms with Gasteiger partial charge in [0.1, 0.15) is 17.3 Å². The standard InChI is InChI=1S/C28H21FN2O4/c29-26-9-5-4-8-25(26)28(33)35-24-14-10-20(11-15-24)18-30-31-27(32)19-34-23-16-12-22(13-17-23)21-6-2-1-3-7-21/h1-18H,19H2,(H,31,32)/b30-18+. The number of nitrogens with zero attached hydrogens (tertiary/aromatic N) is 1. The molecule has 7 heteroatoms. The summed E-state index contributed by atoms with van der Waals surface area (Å²) in [5.41, 5.74) is 5.06. The van der Waals surface area contributed by atoms with E-state index in [1.54, 1.807) is 42.5 Å². The van der Waals surface area contributed by atoms with E-state index in [0.717, 1.165) is 11.1 Å². The molecule has 0 radical (unpaired) electrons. The van der Waals surface area contributed by atoms with Crippen LogP contribution in [0.2, 0.25) is 0 Å². The van der Waals surface area contributed by atoms with Gasteiger partial charge in [-0.1, -0.05) is 54.6 Å². The van der Waals surface area contributed by atoms with E-state index >= 15 is 0 Å². The van der Waals surface area contributed by atoms with Gasteiger partial charge in [-0.15, -0.1) is 0 Å². The van der Waals surface area contributed by atoms with Crippen LogP contribution in [0, 0.1) is 5.82 Å². The van der Waals surface area contributed by atoms with Gasteiger partial charge in [-0.05, 0) is 65.2 Å². The van der Waals surface area contributed by atoms with Gasteiger partial charge in [0.2, 0.25) is 0 Å². The van der Waals surface area contributed by atoms with E-state index in [1.165, 1.54) is 24.4 Å². The van der Waals surface area contributed by atoms with Crippen LogP contribution in [-0.2, 0) is 4.79 Å². The van der Waals surface area contributed by atoms with E-state index in [-0.39, 0.29) is 17.9 Å². The van der Waals surface area contributed by atoms with Crippen molar-refractivity contribution < 1.29 is 23.5 Å². The van der Waals surface area contributed by atoms with Gasteiger partial charge in [0.25, 0.3) is 5.91 Å². The van der Waals surface area contributed by atoms with Crippen molar-refractivity contribution in [2.75, 3.05) is 6.61 Å². The molecule has 0 atom stereocenters. The summed E-state index contributed by atoms with van der Waals surface area (Å²) < 4.78 is 24.4. The number of nitrogens with one attached hydrogen (secondary N) is 1. The van der Waals surface area contributed by atoms with Crippen molar-refractivity contribution in [2.24, 2.45) is 5.10 Å². The van der Waals surface area contributed by atoms with Gasteiger partial charge >= 0.3 is 5.97 Å². The SMILES string of the molecule is O=C(COc1ccc(-c2ccccc2)cc1)N/N=C/c1ccc(OC(=O)c2ccccc2F)cc1. The Morgan fingerprint density at radius 1 is 0.771 bits per heavy atom. The third-order valence-corrected chi connectivity index (χ3v) is 4.92. The maximum Gasteiger partial charge on any atom is 0.346 e. The average molecular weight is 468 g/mol. The van der Waals surface area contributed by atoms with Gasteiger partial charge in [0, 0.05) is 0 Å². The summed E-state index contributed by atoms with van der Waals surface area (Å²) in [7, 11) is 0. The predicted molar refractivity (Wildman–Crippen MR) is 131 cm³/mol. The van der Waals surface area contributed by atoms with Crippen LogP contribution in [0.15, 0.2) is 108 Å². The van der Waals surface area contributed by atoms with E-state index in [1.807, 2.05) is 42.5 Å². The summed E-state index contributed by atoms with van der Waals surface area (Å²) >= 11 is 0. The summed E-state index contributed by atoms with van der Waals surface area (Å²) in [6, 6.07) is 29.4. The molecule has 0 aliphatic heterocycles. The number of halogens is 1. The molecule has 0 saturated heterocycles. The molecule has 35 heavy (non-hydrogen) atoms. The number of hydrogen-bond acceptors (Lipinski definition) is 5. The van der Waals surface area contributed by atoms with Crippen LogP contribution in [-0.4, -0.2) is 24.7 Å². The zero-order valence-corrected chi connectivity index (χ0v) is 18.6. The predicted octanol–water partition coefficient (Wildman–Crippen LogP) is 5.24. The largest absolute Gasteiger partial charge is 0.484 e. The first-order chi connectivity index (χ1) is 17.1. The van der Waals surface area contributed by atoms with Gasteiger partial charge in [-0.2, -0.15) is 5.10 Å². The molecule has 0 aliphatic carbocycles. The Balaban J connectivity index is 1.23. The van der Waals surface area contributed by atoms with Gasteiger partial charge in [0.05, 0.1) is 11.8 Å². The number of benzene rings is 4. The van der Waals surface area contributed by atoms with Gasteiger partial charge in [-0.25, -0.2) is 14.6 Å². The average Bonchev–Trinajstić information content (AvgIpc) is 2.89. The lowest BCUT2D eigenvalue weighted by Crippen LogP contribution is -2.24. The van der Waals surface area contributed by atoms with Crippen molar-refractivity contribution in [3.8, 4) is 22.6 Å². The van der Waals surface area contributed by atoms with Crippen molar-refractivity contribution in [3.05, 3.63) is 120 Å². The van der Waals surface area contributed by atoms with Crippen molar-refractivity contribution in [1.82, 2.24) is 5.43 Å². The minimum absolute atomic E-state index is 0.143. The van der Waals surface area contributed by atoms with Gasteiger partial charge < -0.3 is 9.47 Å². The van der Waals surface area contributed by atoms with E-state index in [2.05, 4.69) is 10.5 Å². The van der Waals surface area contributed by atoms with Crippen LogP contribution < -0.4 is 14.9 Å². The van der Waals surface area contributed by atoms with Crippen molar-refractivity contribution in [1.29, 1.82) is 0 Å². The maximum atomic E-state index is 13.7. The summed E-state index contributed by atoms with van der Waals surface area (Å²) in [6.07, 6.45) is 1.44. The molecule has 0 aromatic heterocycles. The maximum absolute atomic E-state index is 13.7. The number of rotatable bonds is 8. The molecule has 4 aromatic carbocycles. The second kappa shape index (κ2) is 11.4. The third-order valence-electron chi connectivity index (χ3n) is 4.92. The van der Waals surface area contributed by atoms with Crippen LogP contribution in [0.4, 0.5) is 4.39 Å². The Hall–Kier alpha value is -4.78. The molecule has 0 bridgehead atoms. The van der Waals surface area contributed by atoms with Crippen LogP contribution in [0.3, 0.4) is 0 Å². The minimum atomic E-state index is -0.786. The molecule has 0 spiro atoms. The second-order valence-electron chi connectivity index (χ2n) is 7.41. The minimum Gasteiger partial charge on any atom is -0.484 e. The second-order valence-corrected chi connectivity index (χ2v) is 7.41. The number of hydrazone groups is 1. The first-order valence-corrected chi connectivity index (χ1v) is 10.8. The molecular weight excluding hydrogens is 447 g/mol. The normalized spacial score (nSPS) is 10.7. The van der Waals surface area contributed by atoms with Crippen molar-refractivity contribution in [3.63, 3.8) is 0 Å². The summed E-state index contributed by atoms with van der Waals surface area (Å²) in [5.74, 6) is -1.02. The Labute approximate surface area is 201 Å². The van der Waals surface area contributed by atoms with Crippen LogP contribution in [0.5, 0.6) is 11.5 Å². The van der Waals surface area contributed by atoms with Crippen LogP contribution in [0.1, 0.15) is 15.9 Å². The number of amides is 1. The molecular formula is C28H21FN2O4. The van der Waals surface area contributed by atoms with Crippen LogP contribution in [0.25, 0.3) is 11.1 Å². The highest BCUT2D eigenvalue weighted by atomic mass is 19.1. The summed E-state index contributed by atoms with van der Waals surface area (Å²) in [5, 5.41) is 3.90. The molecule has 4 rings (SSSR count). The van der Waals surface area contributed by atoms with Crippen LogP contribution >= 0.6 is 0 Å². The van der Waals surface area contributed by atoms with Crippen molar-refractivity contribution >= 4 is 18.1 Å². The van der Waals surface area contributed by atoms with E-state index in [4.69, 9.17) is 9.47 Å². The Bertz CT molecular complexity index is 1320. The molecule has 0 fully saturated rings. The fourth-order valence-electron chi connectivity index (χ4n) is 3.14. The van der Waals surface area contributed by atoms with E-state index < -0.39 is 17.7 Å². The summed E-state index contributed by atoms with van der Waals surface area (Å²) in [4.78, 5) is 24.1. The number of ether oxygens (including phenoxy) is 2. The first-order valence-electron chi connectivity index (χ1n) is 10.8. The Kier molecular flexibility index (Phi) is 7.60. The topological polar surface area (TPSA) is 77.0 Å². The fraction of sp³-hybridized carbons (Fsp3) is 0.0357. The first kappa shape index (κ1) is 23.4. The Morgan fingerprint density at radius 3 is 2.11 bits per heavy atom. The fourth-order valence-corrected chi connectivity index (χ4v) is 3.14. The number of esters is 1. The van der Waals surface area contributed by atoms with Crippen molar-refractivity contribution in [2.45, 2.75) is 0 Å². The molecule has 0 unspecified atom stereocenters. The molecule has 1 N–H and O–H groups in total. The molecule has 0 aliphatic rings. The lowest BCUT2D eigenvalue weighted by molar-refractivity contribution is -0.123. The summed E-state index contributed by atoms with van der Waals surface area (Å²) in [6.45, 7) is -0.188. The smallest absolute Gasteiger partial charge is 0.346 e. The number of carbonyl (C=O) groups excluding carboxylic acids is 2. The lowest BCUT2D eigenvalue weighted by atomic mass is 10.1. The monoisotopic (exact) mass is 468 g/mol. The third kappa shape index (κ3) is 6.61. The molecule has 4 aromatic rings. The quantitative estimate of drug-likeness (QED) is 0.166. The number of hydrogen-bond donors (Lipinski definition) is 1. The number of carbonyl (C=O) groups is 2. The molecule has 0 saturated carbocycles. The zero-order valence-electron chi connectivity index (χ0n) is 18.6. The molecule has 0 heterocycles. The lowest BCUT2D eigenvalue weighted by Gasteiger charge is -2.07. The highest BCUT2D eigenvalue weighted by Crippen LogP contribution is 2.22. The van der Waals surface area contributed by atoms with Gasteiger partial charge in [0.15, 0.2) is 6.61 Å². The van der Waals surface area contributed by atoms with Gasteiger partial charge in [-0.3, -0.25) is 4.79 Å².